The van der Waals surface area contributed by atoms with Crippen LogP contribution in [0.25, 0.3) is 10.9 Å². The maximum Gasteiger partial charge on any atom is 0.225 e. The van der Waals surface area contributed by atoms with Gasteiger partial charge >= 0.3 is 0 Å². The lowest BCUT2D eigenvalue weighted by molar-refractivity contribution is 0.486. The van der Waals surface area contributed by atoms with Crippen LogP contribution in [0.2, 0.25) is 0 Å². The second-order valence-electron chi connectivity index (χ2n) is 6.27. The van der Waals surface area contributed by atoms with Crippen LogP contribution in [-0.4, -0.2) is 29.6 Å². The number of rotatable bonds is 5. The molecule has 0 bridgehead atoms. The van der Waals surface area contributed by atoms with Crippen LogP contribution in [0, 0.1) is 6.92 Å². The van der Waals surface area contributed by atoms with Crippen molar-refractivity contribution >= 4 is 22.7 Å². The number of para-hydroxylation sites is 1. The fraction of sp³-hybridized carbons (Fsp3) is 0.368. The zero-order valence-electron chi connectivity index (χ0n) is 14.0. The van der Waals surface area contributed by atoms with Crippen molar-refractivity contribution in [2.24, 2.45) is 0 Å². The molecule has 0 radical (unpaired) electrons. The number of hydrogen-bond acceptors (Lipinski definition) is 5. The molecule has 0 atom stereocenters. The van der Waals surface area contributed by atoms with E-state index < -0.39 is 0 Å². The molecule has 24 heavy (non-hydrogen) atoms. The van der Waals surface area contributed by atoms with Crippen LogP contribution in [0.5, 0.6) is 0 Å². The van der Waals surface area contributed by atoms with Crippen LogP contribution in [0.15, 0.2) is 40.8 Å². The summed E-state index contributed by atoms with van der Waals surface area (Å²) in [5, 5.41) is 4.48. The Labute approximate surface area is 141 Å². The summed E-state index contributed by atoms with van der Waals surface area (Å²) in [7, 11) is 0. The lowest BCUT2D eigenvalue weighted by atomic mass is 10.2. The van der Waals surface area contributed by atoms with E-state index in [0.717, 1.165) is 54.3 Å². The van der Waals surface area contributed by atoms with E-state index in [1.165, 1.54) is 12.8 Å². The van der Waals surface area contributed by atoms with Gasteiger partial charge in [-0.05, 0) is 44.0 Å². The molecular weight excluding hydrogens is 300 g/mol. The summed E-state index contributed by atoms with van der Waals surface area (Å²) in [4.78, 5) is 11.8. The Morgan fingerprint density at radius 2 is 1.92 bits per heavy atom. The first-order valence-electron chi connectivity index (χ1n) is 8.60. The Bertz CT molecular complexity index is 836. The molecule has 0 amide bonds. The number of nitrogens with one attached hydrogen (secondary N) is 1. The molecular formula is C19H22N4O. The second-order valence-corrected chi connectivity index (χ2v) is 6.27. The minimum Gasteiger partial charge on any atom is -0.466 e. The highest BCUT2D eigenvalue weighted by Crippen LogP contribution is 2.27. The smallest absolute Gasteiger partial charge is 0.225 e. The summed E-state index contributed by atoms with van der Waals surface area (Å²) in [5.41, 5.74) is 0.991. The van der Waals surface area contributed by atoms with Gasteiger partial charge in [0.2, 0.25) is 5.95 Å². The van der Waals surface area contributed by atoms with Gasteiger partial charge in [-0.2, -0.15) is 4.98 Å². The number of anilines is 2. The van der Waals surface area contributed by atoms with Gasteiger partial charge in [0.05, 0.1) is 5.52 Å². The maximum absolute atomic E-state index is 5.61. The van der Waals surface area contributed by atoms with Crippen molar-refractivity contribution in [2.75, 3.05) is 29.9 Å². The number of aryl methyl sites for hydroxylation is 1. The lowest BCUT2D eigenvalue weighted by Crippen LogP contribution is -2.20. The molecule has 3 heterocycles. The summed E-state index contributed by atoms with van der Waals surface area (Å²) < 4.78 is 5.61. The third-order valence-electron chi connectivity index (χ3n) is 4.44. The van der Waals surface area contributed by atoms with Crippen LogP contribution in [-0.2, 0) is 6.42 Å². The maximum atomic E-state index is 5.61. The van der Waals surface area contributed by atoms with Gasteiger partial charge in [-0.3, -0.25) is 0 Å². The molecule has 1 aromatic carbocycles. The minimum atomic E-state index is 0.693. The molecule has 1 aliphatic heterocycles. The van der Waals surface area contributed by atoms with Gasteiger partial charge in [0, 0.05) is 31.4 Å². The van der Waals surface area contributed by atoms with Crippen LogP contribution < -0.4 is 10.2 Å². The Balaban J connectivity index is 1.56. The SMILES string of the molecule is Cc1ccc(CCNc2nc(N3CCCC3)c3ccccc3n2)o1. The molecule has 0 unspecified atom stereocenters. The van der Waals surface area contributed by atoms with E-state index in [4.69, 9.17) is 9.40 Å². The minimum absolute atomic E-state index is 0.693. The van der Waals surface area contributed by atoms with E-state index in [1.54, 1.807) is 0 Å². The summed E-state index contributed by atoms with van der Waals surface area (Å²) >= 11 is 0. The van der Waals surface area contributed by atoms with Crippen LogP contribution in [0.4, 0.5) is 11.8 Å². The Kier molecular flexibility index (Phi) is 4.07. The van der Waals surface area contributed by atoms with Gasteiger partial charge in [-0.15, -0.1) is 0 Å². The molecule has 1 fully saturated rings. The van der Waals surface area contributed by atoms with Crippen molar-refractivity contribution < 1.29 is 4.42 Å². The third kappa shape index (κ3) is 3.07. The highest BCUT2D eigenvalue weighted by molar-refractivity contribution is 5.90. The molecule has 0 spiro atoms. The molecule has 124 valence electrons. The molecule has 1 N–H and O–H groups in total. The normalized spacial score (nSPS) is 14.5. The van der Waals surface area contributed by atoms with Crippen molar-refractivity contribution in [2.45, 2.75) is 26.2 Å². The number of nitrogens with zero attached hydrogens (tertiary/aromatic N) is 3. The number of benzene rings is 1. The molecule has 2 aromatic heterocycles. The molecule has 4 rings (SSSR count). The van der Waals surface area contributed by atoms with Crippen LogP contribution in [0.1, 0.15) is 24.4 Å². The van der Waals surface area contributed by atoms with Gasteiger partial charge in [-0.1, -0.05) is 12.1 Å². The second kappa shape index (κ2) is 6.51. The Morgan fingerprint density at radius 3 is 2.71 bits per heavy atom. The van der Waals surface area contributed by atoms with Gasteiger partial charge in [-0.25, -0.2) is 4.98 Å². The molecule has 1 aliphatic rings. The van der Waals surface area contributed by atoms with Gasteiger partial charge in [0.1, 0.15) is 17.3 Å². The van der Waals surface area contributed by atoms with E-state index in [0.29, 0.717) is 5.95 Å². The zero-order valence-corrected chi connectivity index (χ0v) is 14.0. The fourth-order valence-corrected chi connectivity index (χ4v) is 3.23. The third-order valence-corrected chi connectivity index (χ3v) is 4.44. The number of furan rings is 1. The van der Waals surface area contributed by atoms with Crippen LogP contribution >= 0.6 is 0 Å². The molecule has 5 nitrogen and oxygen atoms in total. The Morgan fingerprint density at radius 1 is 1.08 bits per heavy atom. The first-order valence-corrected chi connectivity index (χ1v) is 8.60. The highest BCUT2D eigenvalue weighted by Gasteiger charge is 2.17. The molecule has 1 saturated heterocycles. The van der Waals surface area contributed by atoms with Crippen molar-refractivity contribution in [1.82, 2.24) is 9.97 Å². The van der Waals surface area contributed by atoms with Crippen molar-refractivity contribution in [3.8, 4) is 0 Å². The average molecular weight is 322 g/mol. The average Bonchev–Trinajstić information content (AvgIpc) is 3.26. The number of aromatic nitrogens is 2. The lowest BCUT2D eigenvalue weighted by Gasteiger charge is -2.19. The van der Waals surface area contributed by atoms with Crippen molar-refractivity contribution in [3.63, 3.8) is 0 Å². The van der Waals surface area contributed by atoms with Crippen molar-refractivity contribution in [1.29, 1.82) is 0 Å². The predicted molar refractivity (Wildman–Crippen MR) is 96.6 cm³/mol. The van der Waals surface area contributed by atoms with Crippen LogP contribution in [0.3, 0.4) is 0 Å². The highest BCUT2D eigenvalue weighted by atomic mass is 16.3. The monoisotopic (exact) mass is 322 g/mol. The van der Waals surface area contributed by atoms with E-state index in [1.807, 2.05) is 25.1 Å². The quantitative estimate of drug-likeness (QED) is 0.774. The first kappa shape index (κ1) is 15.0. The van der Waals surface area contributed by atoms with Gasteiger partial charge < -0.3 is 14.6 Å². The standard InChI is InChI=1S/C19H22N4O/c1-14-8-9-15(24-14)10-11-20-19-21-17-7-3-2-6-16(17)18(22-19)23-12-4-5-13-23/h2-3,6-9H,4-5,10-13H2,1H3,(H,20,21,22). The van der Waals surface area contributed by atoms with Crippen molar-refractivity contribution in [3.05, 3.63) is 47.9 Å². The van der Waals surface area contributed by atoms with E-state index in [9.17, 15) is 0 Å². The first-order chi connectivity index (χ1) is 11.8. The fourth-order valence-electron chi connectivity index (χ4n) is 3.23. The molecule has 0 saturated carbocycles. The van der Waals surface area contributed by atoms with E-state index in [2.05, 4.69) is 33.4 Å². The number of fused-ring (bicyclic) bond motifs is 1. The summed E-state index contributed by atoms with van der Waals surface area (Å²) in [6, 6.07) is 12.3. The largest absolute Gasteiger partial charge is 0.466 e. The predicted octanol–water partition coefficient (Wildman–Crippen LogP) is 3.79. The van der Waals surface area contributed by atoms with E-state index in [-0.39, 0.29) is 0 Å². The molecule has 5 heteroatoms. The summed E-state index contributed by atoms with van der Waals surface area (Å²) in [6.07, 6.45) is 3.29. The Hall–Kier alpha value is -2.56. The molecule has 0 aliphatic carbocycles. The topological polar surface area (TPSA) is 54.2 Å². The summed E-state index contributed by atoms with van der Waals surface area (Å²) in [5.74, 6) is 3.68. The van der Waals surface area contributed by atoms with Gasteiger partial charge in [0.15, 0.2) is 0 Å². The summed E-state index contributed by atoms with van der Waals surface area (Å²) in [6.45, 7) is 4.87. The van der Waals surface area contributed by atoms with Gasteiger partial charge in [0.25, 0.3) is 0 Å². The number of hydrogen-bond donors (Lipinski definition) is 1. The zero-order chi connectivity index (χ0) is 16.4. The molecule has 3 aromatic rings. The van der Waals surface area contributed by atoms with E-state index >= 15 is 0 Å².